The zero-order valence-electron chi connectivity index (χ0n) is 15.4. The van der Waals surface area contributed by atoms with E-state index in [1.807, 2.05) is 25.1 Å². The molecule has 0 fully saturated rings. The van der Waals surface area contributed by atoms with Crippen LogP contribution in [0.15, 0.2) is 91.0 Å². The predicted molar refractivity (Wildman–Crippen MR) is 110 cm³/mol. The van der Waals surface area contributed by atoms with Crippen molar-refractivity contribution >= 4 is 0 Å². The van der Waals surface area contributed by atoms with Gasteiger partial charge in [0.15, 0.2) is 0 Å². The fourth-order valence-corrected chi connectivity index (χ4v) is 3.85. The van der Waals surface area contributed by atoms with Crippen molar-refractivity contribution in [2.75, 3.05) is 0 Å². The summed E-state index contributed by atoms with van der Waals surface area (Å²) in [6.45, 7) is 2.45. The monoisotopic (exact) mass is 353 g/mol. The van der Waals surface area contributed by atoms with E-state index in [4.69, 9.17) is 10.7 Å². The van der Waals surface area contributed by atoms with Crippen LogP contribution < -0.4 is 5.73 Å². The number of rotatable bonds is 5. The molecule has 3 heteroatoms. The first-order valence-electron chi connectivity index (χ1n) is 9.19. The maximum absolute atomic E-state index is 5.94. The number of aromatic amines is 1. The Morgan fingerprint density at radius 1 is 0.741 bits per heavy atom. The summed E-state index contributed by atoms with van der Waals surface area (Å²) in [7, 11) is 0. The van der Waals surface area contributed by atoms with Gasteiger partial charge in [-0.1, -0.05) is 91.0 Å². The Bertz CT molecular complexity index is 909. The lowest BCUT2D eigenvalue weighted by Crippen LogP contribution is -2.32. The van der Waals surface area contributed by atoms with Crippen molar-refractivity contribution in [3.63, 3.8) is 0 Å². The van der Waals surface area contributed by atoms with E-state index in [0.29, 0.717) is 6.54 Å². The van der Waals surface area contributed by atoms with Gasteiger partial charge in [0.05, 0.1) is 5.69 Å². The Morgan fingerprint density at radius 3 is 1.48 bits per heavy atom. The minimum Gasteiger partial charge on any atom is -0.344 e. The molecule has 0 atom stereocenters. The van der Waals surface area contributed by atoms with E-state index in [0.717, 1.165) is 17.2 Å². The number of nitrogens with one attached hydrogen (secondary N) is 1. The van der Waals surface area contributed by atoms with Crippen LogP contribution in [0.5, 0.6) is 0 Å². The average Bonchev–Trinajstić information content (AvgIpc) is 3.12. The van der Waals surface area contributed by atoms with Gasteiger partial charge in [-0.3, -0.25) is 0 Å². The Kier molecular flexibility index (Phi) is 4.61. The number of nitrogens with zero attached hydrogens (tertiary/aromatic N) is 1. The Labute approximate surface area is 159 Å². The van der Waals surface area contributed by atoms with Crippen molar-refractivity contribution in [3.05, 3.63) is 125 Å². The summed E-state index contributed by atoms with van der Waals surface area (Å²) in [5.74, 6) is 0.893. The van der Waals surface area contributed by atoms with Crippen molar-refractivity contribution in [1.82, 2.24) is 9.97 Å². The minimum atomic E-state index is -0.540. The molecule has 0 saturated heterocycles. The van der Waals surface area contributed by atoms with Crippen LogP contribution in [-0.2, 0) is 12.0 Å². The lowest BCUT2D eigenvalue weighted by Gasteiger charge is -2.34. The third-order valence-electron chi connectivity index (χ3n) is 5.15. The van der Waals surface area contributed by atoms with Crippen LogP contribution in [0.1, 0.15) is 33.9 Å². The van der Waals surface area contributed by atoms with Crippen molar-refractivity contribution in [3.8, 4) is 0 Å². The van der Waals surface area contributed by atoms with Crippen molar-refractivity contribution in [2.24, 2.45) is 5.73 Å². The molecule has 0 aliphatic rings. The van der Waals surface area contributed by atoms with Gasteiger partial charge in [-0.2, -0.15) is 0 Å². The topological polar surface area (TPSA) is 54.7 Å². The molecule has 1 heterocycles. The van der Waals surface area contributed by atoms with Crippen LogP contribution in [-0.4, -0.2) is 9.97 Å². The summed E-state index contributed by atoms with van der Waals surface area (Å²) in [5.41, 5.74) is 10.8. The summed E-state index contributed by atoms with van der Waals surface area (Å²) >= 11 is 0. The Morgan fingerprint density at radius 2 is 1.15 bits per heavy atom. The molecular formula is C24H23N3. The van der Waals surface area contributed by atoms with Gasteiger partial charge in [-0.05, 0) is 23.6 Å². The molecule has 0 radical (unpaired) electrons. The molecule has 0 aliphatic carbocycles. The van der Waals surface area contributed by atoms with E-state index in [1.54, 1.807) is 0 Å². The fraction of sp³-hybridized carbons (Fsp3) is 0.125. The third-order valence-corrected chi connectivity index (χ3v) is 5.15. The van der Waals surface area contributed by atoms with Gasteiger partial charge in [-0.15, -0.1) is 0 Å². The van der Waals surface area contributed by atoms with E-state index >= 15 is 0 Å². The fourth-order valence-electron chi connectivity index (χ4n) is 3.85. The van der Waals surface area contributed by atoms with Crippen LogP contribution in [0.4, 0.5) is 0 Å². The van der Waals surface area contributed by atoms with Crippen LogP contribution in [0.25, 0.3) is 0 Å². The molecule has 0 amide bonds. The maximum Gasteiger partial charge on any atom is 0.126 e. The first kappa shape index (κ1) is 17.3. The second kappa shape index (κ2) is 7.22. The number of nitrogens with two attached hydrogens (primary N) is 1. The Balaban J connectivity index is 2.12. The highest BCUT2D eigenvalue weighted by Gasteiger charge is 2.41. The Hall–Kier alpha value is -3.17. The summed E-state index contributed by atoms with van der Waals surface area (Å²) in [5, 5.41) is 0. The quantitative estimate of drug-likeness (QED) is 0.517. The molecule has 3 aromatic carbocycles. The summed E-state index contributed by atoms with van der Waals surface area (Å²) < 4.78 is 0. The third kappa shape index (κ3) is 2.86. The predicted octanol–water partition coefficient (Wildman–Crippen LogP) is 4.56. The molecule has 1 aromatic heterocycles. The molecular weight excluding hydrogens is 330 g/mol. The smallest absolute Gasteiger partial charge is 0.126 e. The van der Waals surface area contributed by atoms with Crippen LogP contribution >= 0.6 is 0 Å². The van der Waals surface area contributed by atoms with Gasteiger partial charge in [-0.25, -0.2) is 4.98 Å². The lowest BCUT2D eigenvalue weighted by atomic mass is 9.69. The van der Waals surface area contributed by atoms with E-state index in [2.05, 4.69) is 77.8 Å². The van der Waals surface area contributed by atoms with E-state index in [1.165, 1.54) is 16.7 Å². The van der Waals surface area contributed by atoms with Crippen molar-refractivity contribution in [1.29, 1.82) is 0 Å². The molecule has 27 heavy (non-hydrogen) atoms. The molecule has 3 nitrogen and oxygen atoms in total. The first-order chi connectivity index (χ1) is 13.3. The highest BCUT2D eigenvalue weighted by molar-refractivity contribution is 5.56. The molecule has 3 N–H and O–H groups in total. The molecule has 0 spiro atoms. The van der Waals surface area contributed by atoms with Gasteiger partial charge in [0.25, 0.3) is 0 Å². The van der Waals surface area contributed by atoms with Crippen LogP contribution in [0, 0.1) is 6.92 Å². The summed E-state index contributed by atoms with van der Waals surface area (Å²) in [6, 6.07) is 31.6. The van der Waals surface area contributed by atoms with Crippen molar-refractivity contribution in [2.45, 2.75) is 18.9 Å². The molecule has 0 bridgehead atoms. The first-order valence-corrected chi connectivity index (χ1v) is 9.19. The summed E-state index contributed by atoms with van der Waals surface area (Å²) in [4.78, 5) is 8.49. The number of aryl methyl sites for hydroxylation is 1. The number of benzene rings is 3. The summed E-state index contributed by atoms with van der Waals surface area (Å²) in [6.07, 6.45) is 0. The maximum atomic E-state index is 5.94. The van der Waals surface area contributed by atoms with Gasteiger partial charge < -0.3 is 10.7 Å². The minimum absolute atomic E-state index is 0.413. The van der Waals surface area contributed by atoms with E-state index in [-0.39, 0.29) is 0 Å². The van der Waals surface area contributed by atoms with Gasteiger partial charge in [0, 0.05) is 12.2 Å². The molecule has 0 aliphatic heterocycles. The lowest BCUT2D eigenvalue weighted by molar-refractivity contribution is 0.688. The molecule has 4 rings (SSSR count). The number of hydrogen-bond donors (Lipinski definition) is 2. The number of aromatic nitrogens is 2. The van der Waals surface area contributed by atoms with Gasteiger partial charge in [0.2, 0.25) is 0 Å². The SMILES string of the molecule is Cc1[nH]c(C(c2ccccc2)(c2ccccc2)c2ccccc2)nc1CN. The molecule has 134 valence electrons. The van der Waals surface area contributed by atoms with E-state index in [9.17, 15) is 0 Å². The second-order valence-corrected chi connectivity index (χ2v) is 6.71. The van der Waals surface area contributed by atoms with Gasteiger partial charge >= 0.3 is 0 Å². The molecule has 0 saturated carbocycles. The zero-order valence-corrected chi connectivity index (χ0v) is 15.4. The molecule has 0 unspecified atom stereocenters. The van der Waals surface area contributed by atoms with Crippen molar-refractivity contribution < 1.29 is 0 Å². The van der Waals surface area contributed by atoms with Crippen LogP contribution in [0.3, 0.4) is 0 Å². The standard InChI is InChI=1S/C24H23N3/c1-18-22(17-25)27-23(26-18)24(19-11-5-2-6-12-19,20-13-7-3-8-14-20)21-15-9-4-10-16-21/h2-16H,17,25H2,1H3,(H,26,27). The average molecular weight is 353 g/mol. The number of imidazole rings is 1. The van der Waals surface area contributed by atoms with Crippen LogP contribution in [0.2, 0.25) is 0 Å². The van der Waals surface area contributed by atoms with E-state index < -0.39 is 5.41 Å². The second-order valence-electron chi connectivity index (χ2n) is 6.71. The zero-order chi connectivity index (χ0) is 18.7. The number of hydrogen-bond acceptors (Lipinski definition) is 2. The highest BCUT2D eigenvalue weighted by Crippen LogP contribution is 2.43. The number of H-pyrrole nitrogens is 1. The largest absolute Gasteiger partial charge is 0.344 e. The highest BCUT2D eigenvalue weighted by atomic mass is 15.0. The normalized spacial score (nSPS) is 11.5. The van der Waals surface area contributed by atoms with Gasteiger partial charge in [0.1, 0.15) is 11.2 Å². The molecule has 4 aromatic rings.